The molecule has 2 aromatic heterocycles. The summed E-state index contributed by atoms with van der Waals surface area (Å²) in [7, 11) is -4.02. The zero-order valence-corrected chi connectivity index (χ0v) is 17.8. The summed E-state index contributed by atoms with van der Waals surface area (Å²) in [6, 6.07) is 3.72. The number of nitrogens with one attached hydrogen (secondary N) is 1. The predicted octanol–water partition coefficient (Wildman–Crippen LogP) is 3.12. The minimum absolute atomic E-state index is 0.113. The molecule has 0 aliphatic heterocycles. The van der Waals surface area contributed by atoms with E-state index in [9.17, 15) is 12.8 Å². The van der Waals surface area contributed by atoms with E-state index >= 15 is 0 Å². The lowest BCUT2D eigenvalue weighted by molar-refractivity contribution is 0.302. The molecule has 5 rings (SSSR count). The molecular weight excluding hydrogens is 423 g/mol. The average molecular weight is 447 g/mol. The standard InChI is InChI=1S/C20H23FN6O3S/c1-12-24-22-11-27(12)16-4-2-3-15(10-16)26-31(28,29)18-8-7-14(9-17(18)21)19-23-20(30-25-19)13-5-6-13/h7-9,11,13,15-16,26H,2-6,10H2,1H3. The SMILES string of the molecule is Cc1nncn1C1CCCC(NS(=O)(=O)c2ccc(-c3noc(C4CC4)n3)cc2F)C1. The summed E-state index contributed by atoms with van der Waals surface area (Å²) in [5.74, 6) is 1.04. The van der Waals surface area contributed by atoms with Crippen LogP contribution in [-0.4, -0.2) is 39.4 Å². The molecule has 2 fully saturated rings. The van der Waals surface area contributed by atoms with Crippen LogP contribution < -0.4 is 4.72 Å². The molecule has 2 heterocycles. The molecule has 3 aromatic rings. The number of hydrogen-bond acceptors (Lipinski definition) is 7. The number of sulfonamides is 1. The van der Waals surface area contributed by atoms with Crippen molar-refractivity contribution in [1.82, 2.24) is 29.6 Å². The Bertz CT molecular complexity index is 1200. The zero-order chi connectivity index (χ0) is 21.6. The quantitative estimate of drug-likeness (QED) is 0.618. The van der Waals surface area contributed by atoms with Gasteiger partial charge in [-0.1, -0.05) is 5.16 Å². The minimum atomic E-state index is -4.02. The van der Waals surface area contributed by atoms with Gasteiger partial charge in [0.25, 0.3) is 0 Å². The van der Waals surface area contributed by atoms with Gasteiger partial charge in [0, 0.05) is 23.6 Å². The fourth-order valence-electron chi connectivity index (χ4n) is 4.17. The third kappa shape index (κ3) is 4.11. The molecular formula is C20H23FN6O3S. The Hall–Kier alpha value is -2.66. The van der Waals surface area contributed by atoms with E-state index in [-0.39, 0.29) is 28.7 Å². The lowest BCUT2D eigenvalue weighted by Gasteiger charge is -2.30. The van der Waals surface area contributed by atoms with Gasteiger partial charge >= 0.3 is 0 Å². The number of hydrogen-bond donors (Lipinski definition) is 1. The third-order valence-electron chi connectivity index (χ3n) is 5.96. The Labute approximate surface area is 179 Å². The van der Waals surface area contributed by atoms with Crippen LogP contribution >= 0.6 is 0 Å². The molecule has 2 saturated carbocycles. The van der Waals surface area contributed by atoms with Crippen LogP contribution in [-0.2, 0) is 10.0 Å². The average Bonchev–Trinajstić information content (AvgIpc) is 3.30. The van der Waals surface area contributed by atoms with Crippen LogP contribution in [0.1, 0.15) is 62.2 Å². The van der Waals surface area contributed by atoms with Gasteiger partial charge in [-0.2, -0.15) is 4.98 Å². The molecule has 2 aliphatic rings. The predicted molar refractivity (Wildman–Crippen MR) is 108 cm³/mol. The second kappa shape index (κ2) is 7.79. The maximum atomic E-state index is 14.8. The van der Waals surface area contributed by atoms with Crippen molar-refractivity contribution in [3.63, 3.8) is 0 Å². The fraction of sp³-hybridized carbons (Fsp3) is 0.500. The summed E-state index contributed by atoms with van der Waals surface area (Å²) in [4.78, 5) is 3.90. The minimum Gasteiger partial charge on any atom is -0.339 e. The van der Waals surface area contributed by atoms with Crippen molar-refractivity contribution in [2.24, 2.45) is 0 Å². The highest BCUT2D eigenvalue weighted by Crippen LogP contribution is 2.39. The second-order valence-corrected chi connectivity index (χ2v) is 9.98. The Morgan fingerprint density at radius 1 is 1.23 bits per heavy atom. The second-order valence-electron chi connectivity index (χ2n) is 8.30. The number of nitrogens with zero attached hydrogens (tertiary/aromatic N) is 5. The summed E-state index contributed by atoms with van der Waals surface area (Å²) < 4.78 is 50.4. The summed E-state index contributed by atoms with van der Waals surface area (Å²) in [6.07, 6.45) is 6.78. The first-order valence-electron chi connectivity index (χ1n) is 10.4. The Balaban J connectivity index is 1.32. The van der Waals surface area contributed by atoms with E-state index in [1.54, 1.807) is 6.33 Å². The monoisotopic (exact) mass is 446 g/mol. The highest BCUT2D eigenvalue weighted by molar-refractivity contribution is 7.89. The topological polar surface area (TPSA) is 116 Å². The molecule has 9 nitrogen and oxygen atoms in total. The van der Waals surface area contributed by atoms with Crippen LogP contribution in [0.5, 0.6) is 0 Å². The van der Waals surface area contributed by atoms with Gasteiger partial charge in [0.1, 0.15) is 22.9 Å². The zero-order valence-electron chi connectivity index (χ0n) is 17.0. The van der Waals surface area contributed by atoms with Gasteiger partial charge in [0.2, 0.25) is 21.7 Å². The molecule has 2 atom stereocenters. The maximum absolute atomic E-state index is 14.8. The van der Waals surface area contributed by atoms with Crippen molar-refractivity contribution < 1.29 is 17.3 Å². The Morgan fingerprint density at radius 3 is 2.77 bits per heavy atom. The first-order valence-corrected chi connectivity index (χ1v) is 11.9. The van der Waals surface area contributed by atoms with Crippen LogP contribution in [0.4, 0.5) is 4.39 Å². The van der Waals surface area contributed by atoms with E-state index in [1.807, 2.05) is 11.5 Å². The van der Waals surface area contributed by atoms with Gasteiger partial charge in [-0.15, -0.1) is 10.2 Å². The molecule has 164 valence electrons. The maximum Gasteiger partial charge on any atom is 0.243 e. The molecule has 0 radical (unpaired) electrons. The van der Waals surface area contributed by atoms with Gasteiger partial charge in [0.05, 0.1) is 0 Å². The van der Waals surface area contributed by atoms with Crippen LogP contribution in [0.15, 0.2) is 33.9 Å². The molecule has 0 amide bonds. The van der Waals surface area contributed by atoms with Gasteiger partial charge in [0.15, 0.2) is 0 Å². The van der Waals surface area contributed by atoms with Gasteiger partial charge in [-0.05, 0) is 63.6 Å². The molecule has 0 bridgehead atoms. The van der Waals surface area contributed by atoms with Gasteiger partial charge in [-0.25, -0.2) is 17.5 Å². The molecule has 11 heteroatoms. The van der Waals surface area contributed by atoms with Crippen LogP contribution in [0.3, 0.4) is 0 Å². The summed E-state index contributed by atoms with van der Waals surface area (Å²) in [6.45, 7) is 1.87. The highest BCUT2D eigenvalue weighted by atomic mass is 32.2. The first-order chi connectivity index (χ1) is 14.9. The van der Waals surface area contributed by atoms with Gasteiger partial charge in [-0.3, -0.25) is 0 Å². The lowest BCUT2D eigenvalue weighted by Crippen LogP contribution is -2.39. The van der Waals surface area contributed by atoms with Crippen molar-refractivity contribution in [3.05, 3.63) is 42.1 Å². The molecule has 2 aliphatic carbocycles. The number of aryl methyl sites for hydroxylation is 1. The van der Waals surface area contributed by atoms with E-state index < -0.39 is 15.8 Å². The van der Waals surface area contributed by atoms with Crippen LogP contribution in [0, 0.1) is 12.7 Å². The smallest absolute Gasteiger partial charge is 0.243 e. The van der Waals surface area contributed by atoms with E-state index in [1.165, 1.54) is 12.1 Å². The van der Waals surface area contributed by atoms with Crippen LogP contribution in [0.25, 0.3) is 11.4 Å². The van der Waals surface area contributed by atoms with Crippen molar-refractivity contribution in [1.29, 1.82) is 0 Å². The van der Waals surface area contributed by atoms with Crippen molar-refractivity contribution >= 4 is 10.0 Å². The normalized spacial score (nSPS) is 22.0. The first kappa shape index (κ1) is 20.3. The van der Waals surface area contributed by atoms with Crippen LogP contribution in [0.2, 0.25) is 0 Å². The number of rotatable bonds is 6. The van der Waals surface area contributed by atoms with E-state index in [4.69, 9.17) is 4.52 Å². The summed E-state index contributed by atoms with van der Waals surface area (Å²) in [5.41, 5.74) is 0.382. The van der Waals surface area contributed by atoms with Crippen molar-refractivity contribution in [3.8, 4) is 11.4 Å². The molecule has 2 unspecified atom stereocenters. The van der Waals surface area contributed by atoms with Crippen molar-refractivity contribution in [2.45, 2.75) is 68.3 Å². The van der Waals surface area contributed by atoms with Gasteiger partial charge < -0.3 is 9.09 Å². The molecule has 31 heavy (non-hydrogen) atoms. The summed E-state index contributed by atoms with van der Waals surface area (Å²) >= 11 is 0. The van der Waals surface area contributed by atoms with E-state index in [0.717, 1.165) is 37.6 Å². The lowest BCUT2D eigenvalue weighted by atomic mass is 9.91. The molecule has 1 aromatic carbocycles. The van der Waals surface area contributed by atoms with E-state index in [2.05, 4.69) is 25.1 Å². The molecule has 1 N–H and O–H groups in total. The van der Waals surface area contributed by atoms with Crippen molar-refractivity contribution in [2.75, 3.05) is 0 Å². The Kier molecular flexibility index (Phi) is 5.09. The molecule has 0 spiro atoms. The van der Waals surface area contributed by atoms with E-state index in [0.29, 0.717) is 24.3 Å². The third-order valence-corrected chi connectivity index (χ3v) is 7.52. The number of benzene rings is 1. The Morgan fingerprint density at radius 2 is 2.06 bits per heavy atom. The number of halogens is 1. The molecule has 0 saturated heterocycles. The summed E-state index contributed by atoms with van der Waals surface area (Å²) in [5, 5.41) is 11.8. The highest BCUT2D eigenvalue weighted by Gasteiger charge is 2.31. The largest absolute Gasteiger partial charge is 0.339 e. The fourth-order valence-corrected chi connectivity index (χ4v) is 5.51. The number of aromatic nitrogens is 5.